The van der Waals surface area contributed by atoms with E-state index in [9.17, 15) is 9.59 Å². The fourth-order valence-electron chi connectivity index (χ4n) is 3.80. The Bertz CT molecular complexity index is 1440. The second-order valence-electron chi connectivity index (χ2n) is 7.45. The van der Waals surface area contributed by atoms with Crippen molar-refractivity contribution in [2.45, 2.75) is 10.1 Å². The van der Waals surface area contributed by atoms with Gasteiger partial charge in [-0.25, -0.2) is 4.98 Å². The topological polar surface area (TPSA) is 89.5 Å². The van der Waals surface area contributed by atoms with E-state index in [0.29, 0.717) is 22.1 Å². The summed E-state index contributed by atoms with van der Waals surface area (Å²) in [7, 11) is 3.00. The fraction of sp³-hybridized carbons (Fsp3) is 0.125. The number of imidazole rings is 1. The van der Waals surface area contributed by atoms with Crippen molar-refractivity contribution in [3.8, 4) is 11.4 Å². The summed E-state index contributed by atoms with van der Waals surface area (Å²) >= 11 is 4.78. The number of carbonyl (C=O) groups excluding carboxylic acids is 2. The number of rotatable bonds is 7. The van der Waals surface area contributed by atoms with Gasteiger partial charge in [-0.2, -0.15) is 4.73 Å². The number of likely N-dealkylation sites (N-methyl/N-ethyl adjacent to an activating group) is 1. The van der Waals surface area contributed by atoms with Gasteiger partial charge in [0.15, 0.2) is 0 Å². The van der Waals surface area contributed by atoms with Gasteiger partial charge in [-0.15, -0.1) is 0 Å². The maximum Gasteiger partial charge on any atom is 0.268 e. The number of nitrogens with one attached hydrogen (secondary N) is 1. The van der Waals surface area contributed by atoms with Crippen LogP contribution in [-0.4, -0.2) is 52.4 Å². The van der Waals surface area contributed by atoms with Gasteiger partial charge in [-0.1, -0.05) is 36.4 Å². The first-order chi connectivity index (χ1) is 16.5. The Labute approximate surface area is 207 Å². The summed E-state index contributed by atoms with van der Waals surface area (Å²) in [5.74, 6) is -0.772. The van der Waals surface area contributed by atoms with Crippen LogP contribution in [0.15, 0.2) is 75.3 Å². The summed E-state index contributed by atoms with van der Waals surface area (Å²) in [6.07, 6.45) is 1.68. The highest BCUT2D eigenvalue weighted by Crippen LogP contribution is 2.42. The molecule has 0 spiro atoms. The number of amides is 2. The predicted octanol–water partition coefficient (Wildman–Crippen LogP) is 4.32. The number of fused-ring (bicyclic) bond motifs is 1. The Balaban J connectivity index is 1.72. The normalized spacial score (nSPS) is 14.0. The van der Waals surface area contributed by atoms with Crippen LogP contribution >= 0.6 is 27.7 Å². The lowest BCUT2D eigenvalue weighted by Crippen LogP contribution is -2.26. The van der Waals surface area contributed by atoms with E-state index in [4.69, 9.17) is 9.57 Å². The zero-order valence-electron chi connectivity index (χ0n) is 18.2. The largest absolute Gasteiger partial charge is 0.382 e. The third-order valence-electron chi connectivity index (χ3n) is 5.38. The van der Waals surface area contributed by atoms with Crippen molar-refractivity contribution in [1.82, 2.24) is 19.6 Å². The predicted molar refractivity (Wildman–Crippen MR) is 132 cm³/mol. The summed E-state index contributed by atoms with van der Waals surface area (Å²) < 4.78 is 6.94. The monoisotopic (exact) mass is 538 g/mol. The molecule has 3 heterocycles. The summed E-state index contributed by atoms with van der Waals surface area (Å²) in [4.78, 5) is 41.6. The maximum atomic E-state index is 13.1. The number of hydrogen-bond donors (Lipinski definition) is 1. The number of benzene rings is 2. The van der Waals surface area contributed by atoms with E-state index in [1.165, 1.54) is 25.9 Å². The van der Waals surface area contributed by atoms with Crippen LogP contribution in [0.4, 0.5) is 0 Å². The van der Waals surface area contributed by atoms with Crippen LogP contribution in [0, 0.1) is 0 Å². The molecule has 0 saturated heterocycles. The van der Waals surface area contributed by atoms with Crippen LogP contribution in [0.5, 0.6) is 0 Å². The quantitative estimate of drug-likeness (QED) is 0.278. The lowest BCUT2D eigenvalue weighted by atomic mass is 10.0. The van der Waals surface area contributed by atoms with Crippen LogP contribution in [0.25, 0.3) is 27.9 Å². The van der Waals surface area contributed by atoms with Crippen molar-refractivity contribution in [2.24, 2.45) is 0 Å². The zero-order chi connectivity index (χ0) is 23.8. The number of carbonyl (C=O) groups is 2. The molecule has 8 nitrogen and oxygen atoms in total. The number of ether oxygens (including phenoxy) is 1. The van der Waals surface area contributed by atoms with Crippen molar-refractivity contribution in [3.05, 3.63) is 70.8 Å². The molecule has 2 aromatic heterocycles. The smallest absolute Gasteiger partial charge is 0.268 e. The van der Waals surface area contributed by atoms with Gasteiger partial charge in [0.25, 0.3) is 11.8 Å². The van der Waals surface area contributed by atoms with E-state index in [0.717, 1.165) is 20.7 Å². The highest BCUT2D eigenvalue weighted by atomic mass is 79.9. The van der Waals surface area contributed by atoms with Crippen LogP contribution in [-0.2, 0) is 14.3 Å². The summed E-state index contributed by atoms with van der Waals surface area (Å²) in [6.45, 7) is -0.00613. The number of methoxy groups -OCH3 is 1. The molecule has 2 amide bonds. The number of H-pyrrole nitrogens is 1. The molecule has 1 aliphatic rings. The van der Waals surface area contributed by atoms with E-state index < -0.39 is 0 Å². The summed E-state index contributed by atoms with van der Waals surface area (Å²) in [5, 5.41) is 1.39. The van der Waals surface area contributed by atoms with Crippen LogP contribution in [0.3, 0.4) is 0 Å². The van der Waals surface area contributed by atoms with E-state index in [2.05, 4.69) is 25.9 Å². The Morgan fingerprint density at radius 2 is 1.79 bits per heavy atom. The Morgan fingerprint density at radius 3 is 2.50 bits per heavy atom. The molecule has 0 radical (unpaired) electrons. The van der Waals surface area contributed by atoms with Crippen molar-refractivity contribution in [3.63, 3.8) is 0 Å². The molecule has 1 N–H and O–H groups in total. The van der Waals surface area contributed by atoms with Gasteiger partial charge in [0.05, 0.1) is 21.9 Å². The second kappa shape index (κ2) is 9.13. The van der Waals surface area contributed by atoms with Gasteiger partial charge < -0.3 is 14.6 Å². The lowest BCUT2D eigenvalue weighted by molar-refractivity contribution is -0.134. The first-order valence-corrected chi connectivity index (χ1v) is 11.9. The summed E-state index contributed by atoms with van der Waals surface area (Å²) in [5.41, 5.74) is 2.89. The van der Waals surface area contributed by atoms with Crippen LogP contribution in [0.2, 0.25) is 0 Å². The number of nitrogens with zero attached hydrogens (tertiary/aromatic N) is 3. The number of aromatic amines is 1. The van der Waals surface area contributed by atoms with Gasteiger partial charge in [0.1, 0.15) is 5.69 Å². The number of halogens is 1. The number of hydrogen-bond acceptors (Lipinski definition) is 6. The van der Waals surface area contributed by atoms with Gasteiger partial charge in [0.2, 0.25) is 11.9 Å². The van der Waals surface area contributed by atoms with E-state index in [-0.39, 0.29) is 28.7 Å². The number of aromatic nitrogens is 3. The molecule has 10 heteroatoms. The minimum atomic E-state index is -0.388. The molecular formula is C24H19BrN4O4S. The average Bonchev–Trinajstić information content (AvgIpc) is 3.48. The molecule has 0 saturated carbocycles. The molecule has 4 aromatic rings. The third kappa shape index (κ3) is 3.73. The van der Waals surface area contributed by atoms with Gasteiger partial charge in [-0.05, 0) is 45.9 Å². The molecule has 0 atom stereocenters. The number of imide groups is 1. The Morgan fingerprint density at radius 1 is 1.06 bits per heavy atom. The van der Waals surface area contributed by atoms with Crippen molar-refractivity contribution < 1.29 is 19.2 Å². The standard InChI is InChI=1S/C24H19BrN4O4S/c1-28-22(30)19(20(25)23(28)31)18-15-10-6-7-11-16(15)27-21(18)17-12-26-24(29(17)33-13-32-2)34-14-8-4-3-5-9-14/h3-12,27H,13H2,1-2H3. The molecular weight excluding hydrogens is 520 g/mol. The second-order valence-corrected chi connectivity index (χ2v) is 9.28. The van der Waals surface area contributed by atoms with Gasteiger partial charge in [-0.3, -0.25) is 14.5 Å². The Kier molecular flexibility index (Phi) is 6.03. The molecule has 0 bridgehead atoms. The highest BCUT2D eigenvalue weighted by Gasteiger charge is 2.38. The molecule has 5 rings (SSSR count). The lowest BCUT2D eigenvalue weighted by Gasteiger charge is -2.13. The zero-order valence-corrected chi connectivity index (χ0v) is 20.6. The van der Waals surface area contributed by atoms with Crippen molar-refractivity contribution in [2.75, 3.05) is 21.0 Å². The van der Waals surface area contributed by atoms with E-state index in [1.807, 2.05) is 54.6 Å². The fourth-order valence-corrected chi connectivity index (χ4v) is 5.28. The van der Waals surface area contributed by atoms with Gasteiger partial charge >= 0.3 is 0 Å². The van der Waals surface area contributed by atoms with Crippen LogP contribution in [0.1, 0.15) is 5.56 Å². The molecule has 34 heavy (non-hydrogen) atoms. The molecule has 1 aliphatic heterocycles. The Hall–Kier alpha value is -3.34. The minimum Gasteiger partial charge on any atom is -0.382 e. The SMILES string of the molecule is COCOn1c(-c2[nH]c3ccccc3c2C2=C(Br)C(=O)N(C)C2=O)cnc1Sc1ccccc1. The molecule has 172 valence electrons. The number of para-hydroxylation sites is 1. The van der Waals surface area contributed by atoms with E-state index in [1.54, 1.807) is 10.9 Å². The van der Waals surface area contributed by atoms with Crippen molar-refractivity contribution in [1.29, 1.82) is 0 Å². The minimum absolute atomic E-state index is 0.00613. The first kappa shape index (κ1) is 22.5. The first-order valence-electron chi connectivity index (χ1n) is 10.3. The van der Waals surface area contributed by atoms with Gasteiger partial charge in [0, 0.05) is 35.5 Å². The molecule has 0 aliphatic carbocycles. The van der Waals surface area contributed by atoms with Crippen molar-refractivity contribution >= 4 is 56.0 Å². The maximum absolute atomic E-state index is 13.1. The van der Waals surface area contributed by atoms with Crippen LogP contribution < -0.4 is 4.84 Å². The molecule has 0 unspecified atom stereocenters. The highest BCUT2D eigenvalue weighted by molar-refractivity contribution is 9.12. The summed E-state index contributed by atoms with van der Waals surface area (Å²) in [6, 6.07) is 17.4. The van der Waals surface area contributed by atoms with E-state index >= 15 is 0 Å². The average molecular weight is 539 g/mol. The molecule has 0 fully saturated rings. The third-order valence-corrected chi connectivity index (χ3v) is 7.08. The molecule has 2 aromatic carbocycles.